The second-order valence-electron chi connectivity index (χ2n) is 3.55. The number of nitrogens with one attached hydrogen (secondary N) is 1. The van der Waals surface area contributed by atoms with E-state index in [1.807, 2.05) is 0 Å². The van der Waals surface area contributed by atoms with Gasteiger partial charge in [-0.2, -0.15) is 0 Å². The van der Waals surface area contributed by atoms with Crippen LogP contribution in [0.4, 0.5) is 10.2 Å². The number of nitrogen functional groups attached to an aromatic ring is 1. The van der Waals surface area contributed by atoms with E-state index in [9.17, 15) is 9.18 Å². The van der Waals surface area contributed by atoms with Crippen molar-refractivity contribution in [3.8, 4) is 11.4 Å². The predicted octanol–water partition coefficient (Wildman–Crippen LogP) is 2.23. The number of rotatable bonds is 1. The van der Waals surface area contributed by atoms with Crippen molar-refractivity contribution in [2.24, 2.45) is 0 Å². The van der Waals surface area contributed by atoms with Crippen molar-refractivity contribution < 1.29 is 4.39 Å². The summed E-state index contributed by atoms with van der Waals surface area (Å²) in [4.78, 5) is 18.2. The summed E-state index contributed by atoms with van der Waals surface area (Å²) in [6.45, 7) is 1.59. The maximum absolute atomic E-state index is 13.1. The summed E-state index contributed by atoms with van der Waals surface area (Å²) < 4.78 is 13.4. The molecule has 88 valence electrons. The second kappa shape index (κ2) is 4.29. The van der Waals surface area contributed by atoms with Crippen LogP contribution in [0.2, 0.25) is 0 Å². The third kappa shape index (κ3) is 2.21. The number of halogens is 2. The van der Waals surface area contributed by atoms with Crippen LogP contribution in [0.15, 0.2) is 27.5 Å². The Hall–Kier alpha value is -1.69. The molecule has 0 saturated heterocycles. The van der Waals surface area contributed by atoms with Crippen LogP contribution in [0.5, 0.6) is 0 Å². The average Bonchev–Trinajstić information content (AvgIpc) is 2.29. The van der Waals surface area contributed by atoms with Crippen LogP contribution in [0.25, 0.3) is 11.4 Å². The number of hydrogen-bond donors (Lipinski definition) is 2. The quantitative estimate of drug-likeness (QED) is 0.848. The van der Waals surface area contributed by atoms with Crippen LogP contribution < -0.4 is 11.3 Å². The number of nitrogens with two attached hydrogens (primary N) is 1. The van der Waals surface area contributed by atoms with Crippen molar-refractivity contribution in [3.63, 3.8) is 0 Å². The molecule has 17 heavy (non-hydrogen) atoms. The minimum Gasteiger partial charge on any atom is -0.383 e. The van der Waals surface area contributed by atoms with E-state index in [0.29, 0.717) is 21.4 Å². The number of hydrogen-bond acceptors (Lipinski definition) is 3. The van der Waals surface area contributed by atoms with Crippen molar-refractivity contribution in [2.45, 2.75) is 6.92 Å². The highest BCUT2D eigenvalue weighted by atomic mass is 79.9. The van der Waals surface area contributed by atoms with Gasteiger partial charge in [0.25, 0.3) is 5.56 Å². The number of anilines is 1. The normalized spacial score (nSPS) is 10.5. The van der Waals surface area contributed by atoms with Crippen molar-refractivity contribution in [3.05, 3.63) is 44.4 Å². The summed E-state index contributed by atoms with van der Waals surface area (Å²) in [6.07, 6.45) is 0. The second-order valence-corrected chi connectivity index (χ2v) is 4.41. The molecule has 2 rings (SSSR count). The zero-order valence-electron chi connectivity index (χ0n) is 8.92. The van der Waals surface area contributed by atoms with E-state index in [-0.39, 0.29) is 17.2 Å². The number of aromatic amines is 1. The highest BCUT2D eigenvalue weighted by Crippen LogP contribution is 2.22. The van der Waals surface area contributed by atoms with Crippen molar-refractivity contribution in [1.29, 1.82) is 0 Å². The lowest BCUT2D eigenvalue weighted by Gasteiger charge is -2.04. The van der Waals surface area contributed by atoms with Gasteiger partial charge in [-0.3, -0.25) is 4.79 Å². The molecule has 3 N–H and O–H groups in total. The number of nitrogens with zero attached hydrogens (tertiary/aromatic N) is 1. The van der Waals surface area contributed by atoms with Crippen LogP contribution in [0, 0.1) is 12.7 Å². The zero-order chi connectivity index (χ0) is 12.6. The molecule has 6 heteroatoms. The van der Waals surface area contributed by atoms with Gasteiger partial charge in [-0.25, -0.2) is 9.37 Å². The Labute approximate surface area is 105 Å². The van der Waals surface area contributed by atoms with Crippen molar-refractivity contribution in [1.82, 2.24) is 9.97 Å². The fourth-order valence-electron chi connectivity index (χ4n) is 1.33. The third-order valence-electron chi connectivity index (χ3n) is 2.38. The maximum atomic E-state index is 13.1. The molecule has 2 aromatic rings. The Bertz CT molecular complexity index is 639. The fourth-order valence-corrected chi connectivity index (χ4v) is 1.71. The van der Waals surface area contributed by atoms with E-state index in [1.54, 1.807) is 6.92 Å². The Kier molecular flexibility index (Phi) is 2.97. The molecule has 1 aromatic carbocycles. The molecule has 0 aliphatic rings. The Morgan fingerprint density at radius 2 is 2.18 bits per heavy atom. The summed E-state index contributed by atoms with van der Waals surface area (Å²) >= 11 is 3.07. The SMILES string of the molecule is Cc1c(N)nc(-c2ccc(F)c(Br)c2)[nH]c1=O. The monoisotopic (exact) mass is 297 g/mol. The first kappa shape index (κ1) is 11.8. The zero-order valence-corrected chi connectivity index (χ0v) is 10.5. The molecule has 0 aliphatic carbocycles. The van der Waals surface area contributed by atoms with Gasteiger partial charge in [-0.05, 0) is 41.1 Å². The lowest BCUT2D eigenvalue weighted by atomic mass is 10.2. The van der Waals surface area contributed by atoms with Gasteiger partial charge in [-0.1, -0.05) is 0 Å². The predicted molar refractivity (Wildman–Crippen MR) is 67.1 cm³/mol. The highest BCUT2D eigenvalue weighted by molar-refractivity contribution is 9.10. The van der Waals surface area contributed by atoms with E-state index < -0.39 is 0 Å². The molecule has 1 heterocycles. The van der Waals surface area contributed by atoms with E-state index in [2.05, 4.69) is 25.9 Å². The number of benzene rings is 1. The van der Waals surface area contributed by atoms with Crippen molar-refractivity contribution >= 4 is 21.7 Å². The maximum Gasteiger partial charge on any atom is 0.256 e. The van der Waals surface area contributed by atoms with Gasteiger partial charge in [-0.15, -0.1) is 0 Å². The van der Waals surface area contributed by atoms with Crippen LogP contribution >= 0.6 is 15.9 Å². The highest BCUT2D eigenvalue weighted by Gasteiger charge is 2.08. The standard InChI is InChI=1S/C11H9BrFN3O/c1-5-9(14)15-10(16-11(5)17)6-2-3-8(13)7(12)4-6/h2-4H,1H3,(H3,14,15,16,17). The molecule has 0 radical (unpaired) electrons. The van der Waals surface area contributed by atoms with Gasteiger partial charge >= 0.3 is 0 Å². The lowest BCUT2D eigenvalue weighted by molar-refractivity contribution is 0.621. The molecule has 0 saturated carbocycles. The summed E-state index contributed by atoms with van der Waals surface area (Å²) in [5.74, 6) is 0.110. The first-order chi connectivity index (χ1) is 7.99. The molecule has 0 spiro atoms. The van der Waals surface area contributed by atoms with Gasteiger partial charge in [0.15, 0.2) is 0 Å². The topological polar surface area (TPSA) is 71.8 Å². The van der Waals surface area contributed by atoms with Gasteiger partial charge in [0, 0.05) is 5.56 Å². The molecule has 0 unspecified atom stereocenters. The van der Waals surface area contributed by atoms with Gasteiger partial charge < -0.3 is 10.7 Å². The van der Waals surface area contributed by atoms with Crippen LogP contribution in [-0.2, 0) is 0 Å². The van der Waals surface area contributed by atoms with E-state index in [1.165, 1.54) is 18.2 Å². The molecule has 1 aromatic heterocycles. The Morgan fingerprint density at radius 1 is 1.47 bits per heavy atom. The molecule has 0 amide bonds. The minimum atomic E-state index is -0.379. The summed E-state index contributed by atoms with van der Waals surface area (Å²) in [5.41, 5.74) is 6.27. The van der Waals surface area contributed by atoms with Crippen LogP contribution in [0.3, 0.4) is 0 Å². The summed E-state index contributed by atoms with van der Waals surface area (Å²) in [6, 6.07) is 4.34. The molecular formula is C11H9BrFN3O. The Balaban J connectivity index is 2.61. The largest absolute Gasteiger partial charge is 0.383 e. The molecule has 4 nitrogen and oxygen atoms in total. The molecule has 0 atom stereocenters. The van der Waals surface area contributed by atoms with Crippen molar-refractivity contribution in [2.75, 3.05) is 5.73 Å². The third-order valence-corrected chi connectivity index (χ3v) is 2.99. The van der Waals surface area contributed by atoms with E-state index in [4.69, 9.17) is 5.73 Å². The van der Waals surface area contributed by atoms with Crippen LogP contribution in [0.1, 0.15) is 5.56 Å². The summed E-state index contributed by atoms with van der Waals surface area (Å²) in [7, 11) is 0. The lowest BCUT2D eigenvalue weighted by Crippen LogP contribution is -2.15. The number of H-pyrrole nitrogens is 1. The molecular weight excluding hydrogens is 289 g/mol. The smallest absolute Gasteiger partial charge is 0.256 e. The molecule has 0 fully saturated rings. The van der Waals surface area contributed by atoms with Gasteiger partial charge in [0.05, 0.1) is 10.0 Å². The Morgan fingerprint density at radius 3 is 2.76 bits per heavy atom. The first-order valence-corrected chi connectivity index (χ1v) is 5.60. The minimum absolute atomic E-state index is 0.171. The van der Waals surface area contributed by atoms with E-state index >= 15 is 0 Å². The van der Waals surface area contributed by atoms with Crippen LogP contribution in [-0.4, -0.2) is 9.97 Å². The number of aromatic nitrogens is 2. The average molecular weight is 298 g/mol. The molecule has 0 bridgehead atoms. The fraction of sp³-hybridized carbons (Fsp3) is 0.0909. The first-order valence-electron chi connectivity index (χ1n) is 4.81. The van der Waals surface area contributed by atoms with Gasteiger partial charge in [0.1, 0.15) is 17.5 Å². The summed E-state index contributed by atoms with van der Waals surface area (Å²) in [5, 5.41) is 0. The van der Waals surface area contributed by atoms with Gasteiger partial charge in [0.2, 0.25) is 0 Å². The molecule has 0 aliphatic heterocycles. The van der Waals surface area contributed by atoms with E-state index in [0.717, 1.165) is 0 Å².